The summed E-state index contributed by atoms with van der Waals surface area (Å²) in [5.41, 5.74) is 9.77. The molecule has 0 amide bonds. The molecule has 1 fully saturated rings. The molecule has 1 aromatic heterocycles. The van der Waals surface area contributed by atoms with Gasteiger partial charge in [0.2, 0.25) is 0 Å². The summed E-state index contributed by atoms with van der Waals surface area (Å²) in [6, 6.07) is 27.3. The van der Waals surface area contributed by atoms with Crippen LogP contribution in [0, 0.1) is 6.92 Å². The number of hydrogen-bond acceptors (Lipinski definition) is 5. The summed E-state index contributed by atoms with van der Waals surface area (Å²) in [4.78, 5) is 15.4. The smallest absolute Gasteiger partial charge is 0.417 e. The fraction of sp³-hybridized carbons (Fsp3) is 0.295. The number of fused-ring (bicyclic) bond motifs is 11. The largest absolute Gasteiger partial charge is 0.497 e. The summed E-state index contributed by atoms with van der Waals surface area (Å²) < 4.78 is 24.3. The summed E-state index contributed by atoms with van der Waals surface area (Å²) in [7, 11) is 3.36. The van der Waals surface area contributed by atoms with Crippen molar-refractivity contribution in [3.63, 3.8) is 0 Å². The first-order chi connectivity index (χ1) is 23.9. The van der Waals surface area contributed by atoms with Gasteiger partial charge in [0, 0.05) is 27.5 Å². The van der Waals surface area contributed by atoms with Gasteiger partial charge in [-0.15, -0.1) is 0 Å². The van der Waals surface area contributed by atoms with E-state index in [9.17, 15) is 4.79 Å². The molecule has 2 heterocycles. The number of aromatic amines is 1. The SMILES string of the molecule is C.COc1ccc(C2(c3ccc(OC)cc3)C=Cc3c4c(c5cc6oc(=O)[nH]c6cc5c3O2)-c2ccc(C)cc2C42CCCCCCC2)cc1. The molecule has 50 heavy (non-hydrogen) atoms. The zero-order valence-electron chi connectivity index (χ0n) is 28.2. The lowest BCUT2D eigenvalue weighted by Crippen LogP contribution is -2.35. The highest BCUT2D eigenvalue weighted by atomic mass is 16.5. The van der Waals surface area contributed by atoms with Gasteiger partial charge in [-0.1, -0.05) is 93.6 Å². The van der Waals surface area contributed by atoms with Gasteiger partial charge in [0.05, 0.1) is 19.7 Å². The number of H-pyrrole nitrogens is 1. The van der Waals surface area contributed by atoms with E-state index in [2.05, 4.69) is 72.6 Å². The van der Waals surface area contributed by atoms with Gasteiger partial charge in [0.15, 0.2) is 11.2 Å². The molecular formula is C44H43NO5. The lowest BCUT2D eigenvalue weighted by atomic mass is 9.67. The number of benzene rings is 5. The second-order valence-corrected chi connectivity index (χ2v) is 13.9. The number of rotatable bonds is 4. The van der Waals surface area contributed by atoms with Gasteiger partial charge >= 0.3 is 5.76 Å². The van der Waals surface area contributed by atoms with Gasteiger partial charge in [0.25, 0.3) is 0 Å². The maximum Gasteiger partial charge on any atom is 0.417 e. The quantitative estimate of drug-likeness (QED) is 0.203. The van der Waals surface area contributed by atoms with Crippen LogP contribution in [0.15, 0.2) is 94.2 Å². The van der Waals surface area contributed by atoms with Crippen LogP contribution in [0.4, 0.5) is 0 Å². The molecule has 1 saturated carbocycles. The third kappa shape index (κ3) is 4.64. The maximum absolute atomic E-state index is 12.5. The minimum absolute atomic E-state index is 0. The van der Waals surface area contributed by atoms with E-state index in [0.717, 1.165) is 57.6 Å². The molecule has 6 heteroatoms. The van der Waals surface area contributed by atoms with Crippen molar-refractivity contribution in [2.45, 2.75) is 70.3 Å². The number of nitrogens with one attached hydrogen (secondary N) is 1. The fourth-order valence-electron chi connectivity index (χ4n) is 8.95. The summed E-state index contributed by atoms with van der Waals surface area (Å²) in [5.74, 6) is 1.91. The summed E-state index contributed by atoms with van der Waals surface area (Å²) in [5, 5.41) is 1.99. The second kappa shape index (κ2) is 12.0. The number of aromatic nitrogens is 1. The Hall–Kier alpha value is -5.23. The Labute approximate surface area is 292 Å². The molecule has 3 aliphatic rings. The Balaban J connectivity index is 0.00000361. The first kappa shape index (κ1) is 32.0. The van der Waals surface area contributed by atoms with Crippen molar-refractivity contribution < 1.29 is 18.6 Å². The highest BCUT2D eigenvalue weighted by molar-refractivity contribution is 6.12. The summed E-state index contributed by atoms with van der Waals surface area (Å²) >= 11 is 0. The van der Waals surface area contributed by atoms with Crippen molar-refractivity contribution in [2.24, 2.45) is 0 Å². The number of aryl methyl sites for hydroxylation is 1. The van der Waals surface area contributed by atoms with Crippen molar-refractivity contribution >= 4 is 27.9 Å². The number of hydrogen-bond donors (Lipinski definition) is 1. The Morgan fingerprint density at radius 3 is 2.04 bits per heavy atom. The van der Waals surface area contributed by atoms with Crippen LogP contribution >= 0.6 is 0 Å². The van der Waals surface area contributed by atoms with Crippen LogP contribution in [-0.2, 0) is 11.0 Å². The molecule has 2 aliphatic carbocycles. The minimum Gasteiger partial charge on any atom is -0.497 e. The number of oxazole rings is 1. The van der Waals surface area contributed by atoms with Crippen LogP contribution in [0.5, 0.6) is 17.2 Å². The maximum atomic E-state index is 12.5. The van der Waals surface area contributed by atoms with E-state index >= 15 is 0 Å². The monoisotopic (exact) mass is 665 g/mol. The van der Waals surface area contributed by atoms with Crippen LogP contribution in [0.2, 0.25) is 0 Å². The van der Waals surface area contributed by atoms with Crippen LogP contribution in [0.3, 0.4) is 0 Å². The Kier molecular flexibility index (Phi) is 7.66. The molecular weight excluding hydrogens is 622 g/mol. The van der Waals surface area contributed by atoms with E-state index < -0.39 is 11.4 Å². The lowest BCUT2D eigenvalue weighted by molar-refractivity contribution is 0.163. The molecule has 0 bridgehead atoms. The van der Waals surface area contributed by atoms with Gasteiger partial charge in [-0.3, -0.25) is 4.98 Å². The Bertz CT molecular complexity index is 2290. The van der Waals surface area contributed by atoms with Crippen LogP contribution in [0.1, 0.15) is 85.8 Å². The van der Waals surface area contributed by atoms with Crippen molar-refractivity contribution in [3.05, 3.63) is 129 Å². The van der Waals surface area contributed by atoms with Gasteiger partial charge in [-0.25, -0.2) is 4.79 Å². The third-order valence-electron chi connectivity index (χ3n) is 11.3. The van der Waals surface area contributed by atoms with Gasteiger partial charge in [-0.2, -0.15) is 0 Å². The molecule has 1 N–H and O–H groups in total. The van der Waals surface area contributed by atoms with E-state index in [4.69, 9.17) is 18.6 Å². The first-order valence-electron chi connectivity index (χ1n) is 17.4. The molecule has 0 atom stereocenters. The Morgan fingerprint density at radius 2 is 1.40 bits per heavy atom. The van der Waals surface area contributed by atoms with E-state index in [1.54, 1.807) is 14.2 Å². The molecule has 0 radical (unpaired) electrons. The van der Waals surface area contributed by atoms with Crippen molar-refractivity contribution in [2.75, 3.05) is 14.2 Å². The highest BCUT2D eigenvalue weighted by Crippen LogP contribution is 2.62. The predicted molar refractivity (Wildman–Crippen MR) is 201 cm³/mol. The molecule has 1 spiro atoms. The van der Waals surface area contributed by atoms with E-state index in [-0.39, 0.29) is 12.8 Å². The van der Waals surface area contributed by atoms with E-state index in [1.807, 2.05) is 30.3 Å². The highest BCUT2D eigenvalue weighted by Gasteiger charge is 2.48. The lowest BCUT2D eigenvalue weighted by Gasteiger charge is -2.40. The molecule has 6 nitrogen and oxygen atoms in total. The molecule has 6 aromatic rings. The molecule has 9 rings (SSSR count). The molecule has 1 aliphatic heterocycles. The minimum atomic E-state index is -0.943. The van der Waals surface area contributed by atoms with Crippen LogP contribution in [-0.4, -0.2) is 19.2 Å². The standard InChI is InChI=1S/C43H39NO5.CH4/c1-26-9-18-31-35(23-26)42(20-7-5-4-6-8-21-42)39-32-19-22-43(27-10-14-29(46-2)15-11-27,28-12-16-30(47-3)17-13-28)49-40(32)34-24-36-37(48-41(45)44-36)25-33(34)38(31)39;/h9-19,22-25H,4-8,20-21H2,1-3H3,(H,44,45);1H4. The van der Waals surface area contributed by atoms with Crippen LogP contribution in [0.25, 0.3) is 39.1 Å². The average Bonchev–Trinajstić information content (AvgIpc) is 3.62. The summed E-state index contributed by atoms with van der Waals surface area (Å²) in [6.45, 7) is 2.20. The zero-order chi connectivity index (χ0) is 33.3. The fourth-order valence-corrected chi connectivity index (χ4v) is 8.95. The van der Waals surface area contributed by atoms with Crippen molar-refractivity contribution in [1.82, 2.24) is 4.98 Å². The topological polar surface area (TPSA) is 73.7 Å². The van der Waals surface area contributed by atoms with Gasteiger partial charge in [0.1, 0.15) is 17.2 Å². The second-order valence-electron chi connectivity index (χ2n) is 13.9. The zero-order valence-corrected chi connectivity index (χ0v) is 28.2. The summed E-state index contributed by atoms with van der Waals surface area (Å²) in [6.07, 6.45) is 12.9. The predicted octanol–water partition coefficient (Wildman–Crippen LogP) is 10.6. The molecule has 0 unspecified atom stereocenters. The van der Waals surface area contributed by atoms with E-state index in [0.29, 0.717) is 11.1 Å². The molecule has 0 saturated heterocycles. The van der Waals surface area contributed by atoms with Crippen molar-refractivity contribution in [1.29, 1.82) is 0 Å². The molecule has 254 valence electrons. The number of methoxy groups -OCH3 is 2. The van der Waals surface area contributed by atoms with E-state index in [1.165, 1.54) is 59.9 Å². The Morgan fingerprint density at radius 1 is 0.760 bits per heavy atom. The van der Waals surface area contributed by atoms with Crippen molar-refractivity contribution in [3.8, 4) is 28.4 Å². The third-order valence-corrected chi connectivity index (χ3v) is 11.3. The van der Waals surface area contributed by atoms with Gasteiger partial charge < -0.3 is 18.6 Å². The van der Waals surface area contributed by atoms with Crippen LogP contribution < -0.4 is 20.0 Å². The normalized spacial score (nSPS) is 16.9. The first-order valence-corrected chi connectivity index (χ1v) is 17.4. The molecule has 5 aromatic carbocycles. The van der Waals surface area contributed by atoms with Gasteiger partial charge in [-0.05, 0) is 89.9 Å². The number of ether oxygens (including phenoxy) is 3. The average molecular weight is 666 g/mol.